The van der Waals surface area contributed by atoms with Crippen LogP contribution >= 0.6 is 0 Å². The Morgan fingerprint density at radius 3 is 2.76 bits per heavy atom. The molecule has 17 heavy (non-hydrogen) atoms. The number of hydrogen-bond donors (Lipinski definition) is 2. The molecule has 0 saturated carbocycles. The van der Waals surface area contributed by atoms with Gasteiger partial charge in [-0.15, -0.1) is 5.10 Å². The normalized spacial score (nSPS) is 10.0. The Morgan fingerprint density at radius 2 is 2.24 bits per heavy atom. The lowest BCUT2D eigenvalue weighted by atomic mass is 10.3. The van der Waals surface area contributed by atoms with Crippen LogP contribution in [0.4, 0.5) is 10.7 Å². The second-order valence-electron chi connectivity index (χ2n) is 3.45. The molecule has 0 fully saturated rings. The lowest BCUT2D eigenvalue weighted by Gasteiger charge is -2.15. The summed E-state index contributed by atoms with van der Waals surface area (Å²) < 4.78 is 0. The van der Waals surface area contributed by atoms with Gasteiger partial charge in [-0.25, -0.2) is 4.79 Å². The Kier molecular flexibility index (Phi) is 4.37. The topological polar surface area (TPSA) is 113 Å². The van der Waals surface area contributed by atoms with E-state index in [2.05, 4.69) is 20.7 Å². The fraction of sp³-hybridized carbons (Fsp3) is 0.625. The van der Waals surface area contributed by atoms with Crippen LogP contribution in [0.5, 0.6) is 0 Å². The molecule has 0 aliphatic carbocycles. The second-order valence-corrected chi connectivity index (χ2v) is 3.45. The van der Waals surface area contributed by atoms with E-state index in [9.17, 15) is 9.59 Å². The second kappa shape index (κ2) is 5.77. The molecule has 0 aliphatic rings. The van der Waals surface area contributed by atoms with Crippen molar-refractivity contribution in [2.24, 2.45) is 7.05 Å². The van der Waals surface area contributed by atoms with E-state index in [1.165, 1.54) is 9.70 Å². The molecule has 9 nitrogen and oxygen atoms in total. The number of carboxylic acid groups (broad SMARTS) is 1. The molecule has 0 aliphatic heterocycles. The van der Waals surface area contributed by atoms with E-state index in [4.69, 9.17) is 5.11 Å². The Bertz CT molecular complexity index is 404. The van der Waals surface area contributed by atoms with Gasteiger partial charge < -0.3 is 10.0 Å². The van der Waals surface area contributed by atoms with Crippen LogP contribution in [-0.4, -0.2) is 55.8 Å². The average molecular weight is 242 g/mol. The maximum atomic E-state index is 11.5. The number of carboxylic acids is 1. The molecule has 1 rings (SSSR count). The number of hydrogen-bond acceptors (Lipinski definition) is 5. The number of urea groups is 1. The highest BCUT2D eigenvalue weighted by atomic mass is 16.4. The van der Waals surface area contributed by atoms with Gasteiger partial charge in [0.15, 0.2) is 0 Å². The number of carbonyl (C=O) groups excluding carboxylic acids is 1. The molecule has 1 heterocycles. The summed E-state index contributed by atoms with van der Waals surface area (Å²) in [5, 5.41) is 21.8. The number of carbonyl (C=O) groups is 2. The lowest BCUT2D eigenvalue weighted by Crippen LogP contribution is -2.32. The van der Waals surface area contributed by atoms with Crippen molar-refractivity contribution < 1.29 is 14.7 Å². The van der Waals surface area contributed by atoms with Gasteiger partial charge >= 0.3 is 12.0 Å². The van der Waals surface area contributed by atoms with E-state index in [0.29, 0.717) is 13.0 Å². The van der Waals surface area contributed by atoms with E-state index in [1.54, 1.807) is 14.1 Å². The molecule has 9 heteroatoms. The monoisotopic (exact) mass is 242 g/mol. The van der Waals surface area contributed by atoms with Crippen molar-refractivity contribution in [3.05, 3.63) is 0 Å². The van der Waals surface area contributed by atoms with Gasteiger partial charge in [0, 0.05) is 20.0 Å². The molecule has 0 spiro atoms. The van der Waals surface area contributed by atoms with E-state index in [1.807, 2.05) is 0 Å². The summed E-state index contributed by atoms with van der Waals surface area (Å²) in [7, 11) is 3.15. The fourth-order valence-corrected chi connectivity index (χ4v) is 1.09. The maximum absolute atomic E-state index is 11.5. The van der Waals surface area contributed by atoms with Crippen molar-refractivity contribution >= 4 is 17.9 Å². The van der Waals surface area contributed by atoms with E-state index < -0.39 is 12.0 Å². The summed E-state index contributed by atoms with van der Waals surface area (Å²) in [6, 6.07) is -0.400. The van der Waals surface area contributed by atoms with E-state index >= 15 is 0 Å². The number of aromatic nitrogens is 4. The minimum Gasteiger partial charge on any atom is -0.481 e. The molecule has 1 aromatic rings. The predicted octanol–water partition coefficient (Wildman–Crippen LogP) is -0.461. The van der Waals surface area contributed by atoms with Crippen LogP contribution in [0.15, 0.2) is 0 Å². The van der Waals surface area contributed by atoms with Crippen LogP contribution in [-0.2, 0) is 11.8 Å². The number of nitrogens with one attached hydrogen (secondary N) is 1. The molecule has 0 bridgehead atoms. The number of aryl methyl sites for hydroxylation is 1. The number of amides is 2. The van der Waals surface area contributed by atoms with Gasteiger partial charge in [-0.3, -0.25) is 10.1 Å². The first kappa shape index (κ1) is 12.9. The minimum absolute atomic E-state index is 0.0288. The van der Waals surface area contributed by atoms with Gasteiger partial charge in [-0.05, 0) is 11.6 Å². The lowest BCUT2D eigenvalue weighted by molar-refractivity contribution is -0.137. The Hall–Kier alpha value is -2.19. The van der Waals surface area contributed by atoms with Crippen LogP contribution in [0.1, 0.15) is 12.8 Å². The summed E-state index contributed by atoms with van der Waals surface area (Å²) in [5.41, 5.74) is 0. The van der Waals surface area contributed by atoms with Gasteiger partial charge in [-0.1, -0.05) is 5.10 Å². The van der Waals surface area contributed by atoms with Crippen molar-refractivity contribution in [3.63, 3.8) is 0 Å². The molecule has 0 unspecified atom stereocenters. The molecular weight excluding hydrogens is 228 g/mol. The molecule has 0 aromatic carbocycles. The third kappa shape index (κ3) is 4.45. The number of tetrazole rings is 1. The third-order valence-corrected chi connectivity index (χ3v) is 1.96. The zero-order chi connectivity index (χ0) is 12.8. The molecule has 2 N–H and O–H groups in total. The smallest absolute Gasteiger partial charge is 0.324 e. The van der Waals surface area contributed by atoms with E-state index in [0.717, 1.165) is 0 Å². The highest BCUT2D eigenvalue weighted by molar-refractivity contribution is 5.87. The standard InChI is InChI=1S/C8H14N6O3/c1-13(5-3-4-6(15)16)8(17)9-7-10-12-14(2)11-7/h3-5H2,1-2H3,(H,15,16)(H,9,11,17). The van der Waals surface area contributed by atoms with E-state index in [-0.39, 0.29) is 12.4 Å². The maximum Gasteiger partial charge on any atom is 0.324 e. The van der Waals surface area contributed by atoms with Crippen LogP contribution < -0.4 is 5.32 Å². The molecular formula is C8H14N6O3. The number of nitrogens with zero attached hydrogens (tertiary/aromatic N) is 5. The van der Waals surface area contributed by atoms with Crippen molar-refractivity contribution in [2.75, 3.05) is 18.9 Å². The predicted molar refractivity (Wildman–Crippen MR) is 57.3 cm³/mol. The molecule has 0 atom stereocenters. The SMILES string of the molecule is CN(CCCC(=O)O)C(=O)Nc1nnn(C)n1. The van der Waals surface area contributed by atoms with Gasteiger partial charge in [-0.2, -0.15) is 4.80 Å². The first-order valence-corrected chi connectivity index (χ1v) is 4.97. The number of aliphatic carboxylic acids is 1. The molecule has 2 amide bonds. The zero-order valence-corrected chi connectivity index (χ0v) is 9.62. The average Bonchev–Trinajstić information content (AvgIpc) is 2.63. The van der Waals surface area contributed by atoms with Crippen LogP contribution in [0.2, 0.25) is 0 Å². The number of rotatable bonds is 5. The highest BCUT2D eigenvalue weighted by Gasteiger charge is 2.11. The van der Waals surface area contributed by atoms with Crippen LogP contribution in [0, 0.1) is 0 Å². The van der Waals surface area contributed by atoms with Crippen LogP contribution in [0.3, 0.4) is 0 Å². The zero-order valence-electron chi connectivity index (χ0n) is 9.62. The first-order valence-electron chi connectivity index (χ1n) is 4.97. The number of anilines is 1. The quantitative estimate of drug-likeness (QED) is 0.722. The van der Waals surface area contributed by atoms with Gasteiger partial charge in [0.25, 0.3) is 5.95 Å². The third-order valence-electron chi connectivity index (χ3n) is 1.96. The van der Waals surface area contributed by atoms with Gasteiger partial charge in [0.1, 0.15) is 0 Å². The van der Waals surface area contributed by atoms with Crippen molar-refractivity contribution in [2.45, 2.75) is 12.8 Å². The molecule has 0 saturated heterocycles. The summed E-state index contributed by atoms with van der Waals surface area (Å²) in [6.45, 7) is 0.346. The minimum atomic E-state index is -0.880. The summed E-state index contributed by atoms with van der Waals surface area (Å²) >= 11 is 0. The summed E-state index contributed by atoms with van der Waals surface area (Å²) in [6.07, 6.45) is 0.425. The summed E-state index contributed by atoms with van der Waals surface area (Å²) in [5.74, 6) is -0.767. The summed E-state index contributed by atoms with van der Waals surface area (Å²) in [4.78, 5) is 24.4. The Balaban J connectivity index is 2.34. The van der Waals surface area contributed by atoms with Gasteiger partial charge in [0.2, 0.25) is 0 Å². The van der Waals surface area contributed by atoms with Crippen molar-refractivity contribution in [1.82, 2.24) is 25.1 Å². The molecule has 1 aromatic heterocycles. The van der Waals surface area contributed by atoms with Gasteiger partial charge in [0.05, 0.1) is 7.05 Å². The molecule has 0 radical (unpaired) electrons. The van der Waals surface area contributed by atoms with Crippen molar-refractivity contribution in [3.8, 4) is 0 Å². The Morgan fingerprint density at radius 1 is 1.53 bits per heavy atom. The Labute approximate surface area is 97.4 Å². The largest absolute Gasteiger partial charge is 0.481 e. The van der Waals surface area contributed by atoms with Crippen LogP contribution in [0.25, 0.3) is 0 Å². The van der Waals surface area contributed by atoms with Crippen molar-refractivity contribution in [1.29, 1.82) is 0 Å². The molecule has 94 valence electrons. The fourth-order valence-electron chi connectivity index (χ4n) is 1.09. The highest BCUT2D eigenvalue weighted by Crippen LogP contribution is 1.98. The first-order chi connectivity index (χ1) is 7.99.